The smallest absolute Gasteiger partial charge is 0.278 e. The van der Waals surface area contributed by atoms with Crippen LogP contribution in [0.1, 0.15) is 40.5 Å². The first-order valence-corrected chi connectivity index (χ1v) is 7.12. The van der Waals surface area contributed by atoms with E-state index in [4.69, 9.17) is 4.74 Å². The molecule has 0 atom stereocenters. The third kappa shape index (κ3) is 1.88. The lowest BCUT2D eigenvalue weighted by atomic mass is 10.2. The van der Waals surface area contributed by atoms with Crippen LogP contribution in [-0.2, 0) is 11.3 Å². The quantitative estimate of drug-likeness (QED) is 0.888. The lowest BCUT2D eigenvalue weighted by Crippen LogP contribution is -2.28. The minimum Gasteiger partial charge on any atom is -0.383 e. The molecule has 1 fully saturated rings. The Morgan fingerprint density at radius 2 is 2.24 bits per heavy atom. The number of fused-ring (bicyclic) bond motifs is 2. The van der Waals surface area contributed by atoms with E-state index in [1.54, 1.807) is 12.0 Å². The topological polar surface area (TPSA) is 79.7 Å². The number of hydrogen-bond acceptors (Lipinski definition) is 4. The lowest BCUT2D eigenvalue weighted by Gasteiger charge is -2.13. The summed E-state index contributed by atoms with van der Waals surface area (Å²) in [6, 6.07) is 1.88. The van der Waals surface area contributed by atoms with E-state index in [0.717, 1.165) is 18.5 Å². The Labute approximate surface area is 120 Å². The summed E-state index contributed by atoms with van der Waals surface area (Å²) in [5, 5.41) is 3.12. The zero-order valence-corrected chi connectivity index (χ0v) is 11.8. The van der Waals surface area contributed by atoms with Crippen LogP contribution in [-0.4, -0.2) is 45.7 Å². The molecule has 1 amide bonds. The number of rotatable bonds is 4. The maximum absolute atomic E-state index is 12.5. The van der Waals surface area contributed by atoms with E-state index in [1.165, 1.54) is 4.52 Å². The molecule has 2 aromatic heterocycles. The molecular formula is C14H16N4O3. The first-order chi connectivity index (χ1) is 10.2. The van der Waals surface area contributed by atoms with E-state index < -0.39 is 0 Å². The highest BCUT2D eigenvalue weighted by molar-refractivity contribution is 5.96. The SMILES string of the molecule is COCCN1Cc2c(nc3cc(C4CC4)[nH]n3c2=O)C1=O. The highest BCUT2D eigenvalue weighted by atomic mass is 16.5. The summed E-state index contributed by atoms with van der Waals surface area (Å²) in [7, 11) is 1.59. The zero-order chi connectivity index (χ0) is 14.6. The van der Waals surface area contributed by atoms with Gasteiger partial charge in [0.15, 0.2) is 5.65 Å². The highest BCUT2D eigenvalue weighted by Gasteiger charge is 2.33. The van der Waals surface area contributed by atoms with E-state index in [9.17, 15) is 9.59 Å². The van der Waals surface area contributed by atoms with E-state index >= 15 is 0 Å². The number of aromatic amines is 1. The van der Waals surface area contributed by atoms with Gasteiger partial charge in [0.05, 0.1) is 18.7 Å². The predicted octanol–water partition coefficient (Wildman–Crippen LogP) is 0.502. The van der Waals surface area contributed by atoms with Crippen LogP contribution < -0.4 is 5.56 Å². The normalized spacial score (nSPS) is 17.8. The van der Waals surface area contributed by atoms with Crippen LogP contribution >= 0.6 is 0 Å². The maximum Gasteiger partial charge on any atom is 0.278 e. The number of aromatic nitrogens is 3. The molecular weight excluding hydrogens is 272 g/mol. The van der Waals surface area contributed by atoms with Crippen LogP contribution in [0.25, 0.3) is 5.65 Å². The van der Waals surface area contributed by atoms with Gasteiger partial charge in [-0.25, -0.2) is 9.50 Å². The second-order valence-corrected chi connectivity index (χ2v) is 5.64. The number of carbonyl (C=O) groups is 1. The number of carbonyl (C=O) groups excluding carboxylic acids is 1. The Kier molecular flexibility index (Phi) is 2.65. The van der Waals surface area contributed by atoms with Gasteiger partial charge < -0.3 is 9.64 Å². The third-order valence-corrected chi connectivity index (χ3v) is 4.15. The molecule has 21 heavy (non-hydrogen) atoms. The number of ether oxygens (including phenoxy) is 1. The molecule has 1 N–H and O–H groups in total. The molecule has 7 nitrogen and oxygen atoms in total. The average molecular weight is 288 g/mol. The molecule has 0 aromatic carbocycles. The third-order valence-electron chi connectivity index (χ3n) is 4.15. The van der Waals surface area contributed by atoms with E-state index in [-0.39, 0.29) is 17.2 Å². The van der Waals surface area contributed by atoms with Gasteiger partial charge in [-0.05, 0) is 12.8 Å². The first-order valence-electron chi connectivity index (χ1n) is 7.12. The molecule has 0 unspecified atom stereocenters. The van der Waals surface area contributed by atoms with Crippen LogP contribution in [0.2, 0.25) is 0 Å². The van der Waals surface area contributed by atoms with Crippen molar-refractivity contribution in [2.45, 2.75) is 25.3 Å². The molecule has 7 heteroatoms. The van der Waals surface area contributed by atoms with Crippen molar-refractivity contribution in [3.05, 3.63) is 33.4 Å². The Balaban J connectivity index is 1.77. The van der Waals surface area contributed by atoms with Crippen molar-refractivity contribution >= 4 is 11.6 Å². The molecule has 1 aliphatic carbocycles. The Bertz CT molecular complexity index is 787. The summed E-state index contributed by atoms with van der Waals surface area (Å²) in [4.78, 5) is 30.8. The number of methoxy groups -OCH3 is 1. The Hall–Kier alpha value is -2.15. The Morgan fingerprint density at radius 3 is 2.95 bits per heavy atom. The summed E-state index contributed by atoms with van der Waals surface area (Å²) in [5.41, 5.74) is 2.15. The van der Waals surface area contributed by atoms with Crippen LogP contribution in [0.15, 0.2) is 10.9 Å². The summed E-state index contributed by atoms with van der Waals surface area (Å²) < 4.78 is 6.45. The number of hydrogen-bond donors (Lipinski definition) is 1. The van der Waals surface area contributed by atoms with Crippen molar-refractivity contribution in [3.8, 4) is 0 Å². The van der Waals surface area contributed by atoms with Gasteiger partial charge >= 0.3 is 0 Å². The van der Waals surface area contributed by atoms with Gasteiger partial charge in [-0.1, -0.05) is 0 Å². The molecule has 0 saturated heterocycles. The molecule has 4 rings (SSSR count). The predicted molar refractivity (Wildman–Crippen MR) is 74.4 cm³/mol. The number of nitrogens with one attached hydrogen (secondary N) is 1. The Morgan fingerprint density at radius 1 is 1.43 bits per heavy atom. The van der Waals surface area contributed by atoms with Gasteiger partial charge in [0, 0.05) is 31.3 Å². The van der Waals surface area contributed by atoms with Gasteiger partial charge in [-0.3, -0.25) is 14.7 Å². The summed E-state index contributed by atoms with van der Waals surface area (Å²) >= 11 is 0. The van der Waals surface area contributed by atoms with Crippen molar-refractivity contribution < 1.29 is 9.53 Å². The van der Waals surface area contributed by atoms with Crippen LogP contribution in [0.5, 0.6) is 0 Å². The maximum atomic E-state index is 12.5. The number of nitrogens with zero attached hydrogens (tertiary/aromatic N) is 3. The van der Waals surface area contributed by atoms with Gasteiger partial charge in [-0.15, -0.1) is 0 Å². The zero-order valence-electron chi connectivity index (χ0n) is 11.8. The summed E-state index contributed by atoms with van der Waals surface area (Å²) in [6.07, 6.45) is 2.29. The summed E-state index contributed by atoms with van der Waals surface area (Å²) in [6.45, 7) is 1.23. The lowest BCUT2D eigenvalue weighted by molar-refractivity contribution is 0.0715. The van der Waals surface area contributed by atoms with E-state index in [0.29, 0.717) is 36.8 Å². The van der Waals surface area contributed by atoms with Gasteiger partial charge in [0.2, 0.25) is 0 Å². The minimum atomic E-state index is -0.184. The van der Waals surface area contributed by atoms with Crippen LogP contribution in [0, 0.1) is 0 Å². The van der Waals surface area contributed by atoms with Crippen molar-refractivity contribution in [1.82, 2.24) is 19.5 Å². The fourth-order valence-electron chi connectivity index (χ4n) is 2.80. The number of H-pyrrole nitrogens is 1. The molecule has 2 aliphatic rings. The fourth-order valence-corrected chi connectivity index (χ4v) is 2.80. The average Bonchev–Trinajstić information content (AvgIpc) is 3.17. The molecule has 110 valence electrons. The molecule has 1 aliphatic heterocycles. The second kappa shape index (κ2) is 4.42. The number of amides is 1. The van der Waals surface area contributed by atoms with Crippen molar-refractivity contribution in [2.75, 3.05) is 20.3 Å². The van der Waals surface area contributed by atoms with Gasteiger partial charge in [-0.2, -0.15) is 0 Å². The van der Waals surface area contributed by atoms with Crippen molar-refractivity contribution in [1.29, 1.82) is 0 Å². The van der Waals surface area contributed by atoms with Crippen molar-refractivity contribution in [3.63, 3.8) is 0 Å². The van der Waals surface area contributed by atoms with Crippen LogP contribution in [0.3, 0.4) is 0 Å². The monoisotopic (exact) mass is 288 g/mol. The first kappa shape index (κ1) is 12.6. The minimum absolute atomic E-state index is 0.171. The summed E-state index contributed by atoms with van der Waals surface area (Å²) in [5.74, 6) is 0.325. The van der Waals surface area contributed by atoms with Gasteiger partial charge in [0.25, 0.3) is 11.5 Å². The van der Waals surface area contributed by atoms with E-state index in [1.807, 2.05) is 6.07 Å². The molecule has 2 aromatic rings. The largest absolute Gasteiger partial charge is 0.383 e. The second-order valence-electron chi connectivity index (χ2n) is 5.64. The van der Waals surface area contributed by atoms with E-state index in [2.05, 4.69) is 10.1 Å². The standard InChI is InChI=1S/C14H16N4O3/c1-21-5-4-17-7-9-12(14(17)20)15-11-6-10(8-2-3-8)16-18(11)13(9)19/h6,8,16H,2-5,7H2,1H3. The fraction of sp³-hybridized carbons (Fsp3) is 0.500. The molecule has 1 saturated carbocycles. The molecule has 3 heterocycles. The molecule has 0 spiro atoms. The molecule has 0 bridgehead atoms. The van der Waals surface area contributed by atoms with Crippen molar-refractivity contribution in [2.24, 2.45) is 0 Å². The molecule has 0 radical (unpaired) electrons. The highest BCUT2D eigenvalue weighted by Crippen LogP contribution is 2.39. The van der Waals surface area contributed by atoms with Gasteiger partial charge in [0.1, 0.15) is 5.69 Å². The van der Waals surface area contributed by atoms with Crippen LogP contribution in [0.4, 0.5) is 0 Å².